The first-order chi connectivity index (χ1) is 6.79. The molecule has 0 saturated carbocycles. The Morgan fingerprint density at radius 2 is 2.00 bits per heavy atom. The van der Waals surface area contributed by atoms with Crippen LogP contribution in [-0.2, 0) is 4.74 Å². The predicted octanol–water partition coefficient (Wildman–Crippen LogP) is -1.50. The second-order valence-corrected chi connectivity index (χ2v) is 3.00. The van der Waals surface area contributed by atoms with E-state index in [1.807, 2.05) is 0 Å². The highest BCUT2D eigenvalue weighted by Gasteiger charge is 2.12. The van der Waals surface area contributed by atoms with Crippen molar-refractivity contribution in [2.45, 2.75) is 0 Å². The van der Waals surface area contributed by atoms with Crippen LogP contribution in [0, 0.1) is 0 Å². The number of ether oxygens (including phenoxy) is 1. The van der Waals surface area contributed by atoms with Crippen molar-refractivity contribution in [2.75, 3.05) is 31.3 Å². The summed E-state index contributed by atoms with van der Waals surface area (Å²) in [6.45, 7) is 2.42. The van der Waals surface area contributed by atoms with Gasteiger partial charge in [0, 0.05) is 12.4 Å². The Labute approximate surface area is 79.7 Å². The molecule has 1 N–H and O–H groups in total. The van der Waals surface area contributed by atoms with Gasteiger partial charge in [0.05, 0.1) is 26.3 Å². The molecule has 0 aliphatic carbocycles. The number of H-pyrrole nitrogens is 1. The van der Waals surface area contributed by atoms with Crippen LogP contribution in [-0.4, -0.2) is 36.0 Å². The van der Waals surface area contributed by atoms with E-state index >= 15 is 0 Å². The van der Waals surface area contributed by atoms with Crippen LogP contribution in [0.15, 0.2) is 22.0 Å². The third-order valence-electron chi connectivity index (χ3n) is 2.12. The lowest BCUT2D eigenvalue weighted by Crippen LogP contribution is -2.52. The number of nitrogens with one attached hydrogen (secondary N) is 1. The monoisotopic (exact) mass is 197 g/mol. The molecule has 0 atom stereocenters. The summed E-state index contributed by atoms with van der Waals surface area (Å²) in [5, 5.41) is 1.79. The van der Waals surface area contributed by atoms with E-state index < -0.39 is 11.1 Å². The molecule has 0 radical (unpaired) electrons. The topological polar surface area (TPSA) is 67.3 Å². The average Bonchev–Trinajstić information content (AvgIpc) is 2.23. The zero-order chi connectivity index (χ0) is 9.97. The minimum absolute atomic E-state index is 0.547. The maximum absolute atomic E-state index is 11.4. The van der Waals surface area contributed by atoms with Crippen LogP contribution in [0.2, 0.25) is 0 Å². The molecular weight excluding hydrogens is 186 g/mol. The Bertz CT molecular complexity index is 416. The van der Waals surface area contributed by atoms with Gasteiger partial charge in [-0.1, -0.05) is 0 Å². The lowest BCUT2D eigenvalue weighted by Gasteiger charge is -2.29. The van der Waals surface area contributed by atoms with Crippen molar-refractivity contribution in [3.63, 3.8) is 0 Å². The quantitative estimate of drug-likeness (QED) is 0.557. The molecule has 2 rings (SSSR count). The van der Waals surface area contributed by atoms with Crippen molar-refractivity contribution in [3.8, 4) is 0 Å². The summed E-state index contributed by atoms with van der Waals surface area (Å²) in [5.41, 5.74) is -1.15. The fraction of sp³-hybridized carbons (Fsp3) is 0.500. The van der Waals surface area contributed by atoms with Crippen LogP contribution >= 0.6 is 0 Å². The van der Waals surface area contributed by atoms with Crippen LogP contribution in [0.1, 0.15) is 0 Å². The molecule has 0 spiro atoms. The molecular formula is C8H11N3O3. The Morgan fingerprint density at radius 3 is 2.71 bits per heavy atom. The Balaban J connectivity index is 2.35. The van der Waals surface area contributed by atoms with Gasteiger partial charge in [-0.2, -0.15) is 0 Å². The summed E-state index contributed by atoms with van der Waals surface area (Å²) in [5.74, 6) is 0. The molecule has 1 aliphatic heterocycles. The minimum atomic E-state index is -0.598. The summed E-state index contributed by atoms with van der Waals surface area (Å²) >= 11 is 0. The Morgan fingerprint density at radius 1 is 1.29 bits per heavy atom. The largest absolute Gasteiger partial charge is 0.378 e. The van der Waals surface area contributed by atoms with Gasteiger partial charge in [0.1, 0.15) is 0 Å². The van der Waals surface area contributed by atoms with Crippen LogP contribution in [0.3, 0.4) is 0 Å². The van der Waals surface area contributed by atoms with E-state index in [1.165, 1.54) is 10.9 Å². The highest BCUT2D eigenvalue weighted by Crippen LogP contribution is 1.92. The zero-order valence-electron chi connectivity index (χ0n) is 7.60. The van der Waals surface area contributed by atoms with Gasteiger partial charge in [0.25, 0.3) is 0 Å². The highest BCUT2D eigenvalue weighted by molar-refractivity contribution is 4.93. The van der Waals surface area contributed by atoms with Crippen molar-refractivity contribution in [2.24, 2.45) is 0 Å². The van der Waals surface area contributed by atoms with Gasteiger partial charge in [-0.25, -0.2) is 4.68 Å². The Kier molecular flexibility index (Phi) is 2.36. The first-order valence-corrected chi connectivity index (χ1v) is 4.42. The normalized spacial score (nSPS) is 17.0. The smallest absolute Gasteiger partial charge is 0.334 e. The first-order valence-electron chi connectivity index (χ1n) is 4.42. The van der Waals surface area contributed by atoms with Crippen molar-refractivity contribution in [1.29, 1.82) is 0 Å². The predicted molar refractivity (Wildman–Crippen MR) is 50.1 cm³/mol. The lowest BCUT2D eigenvalue weighted by molar-refractivity contribution is 0.110. The maximum atomic E-state index is 11.4. The maximum Gasteiger partial charge on any atom is 0.334 e. The van der Waals surface area contributed by atoms with Gasteiger partial charge >= 0.3 is 11.1 Å². The summed E-state index contributed by atoms with van der Waals surface area (Å²) in [6, 6.07) is 0. The lowest BCUT2D eigenvalue weighted by atomic mass is 10.5. The van der Waals surface area contributed by atoms with E-state index in [2.05, 4.69) is 4.98 Å². The van der Waals surface area contributed by atoms with Gasteiger partial charge in [-0.3, -0.25) is 9.59 Å². The van der Waals surface area contributed by atoms with Crippen molar-refractivity contribution in [1.82, 2.24) is 9.66 Å². The SMILES string of the molecule is O=c1[nH]ccn(N2CCOCC2)c1=O. The summed E-state index contributed by atoms with van der Waals surface area (Å²) in [4.78, 5) is 24.8. The number of aromatic nitrogens is 2. The second kappa shape index (κ2) is 3.67. The van der Waals surface area contributed by atoms with Crippen LogP contribution < -0.4 is 16.1 Å². The molecule has 1 aromatic heterocycles. The fourth-order valence-electron chi connectivity index (χ4n) is 1.41. The molecule has 6 nitrogen and oxygen atoms in total. The van der Waals surface area contributed by atoms with E-state index in [9.17, 15) is 9.59 Å². The average molecular weight is 197 g/mol. The fourth-order valence-corrected chi connectivity index (χ4v) is 1.41. The van der Waals surface area contributed by atoms with Crippen LogP contribution in [0.4, 0.5) is 0 Å². The van der Waals surface area contributed by atoms with Crippen molar-refractivity contribution >= 4 is 0 Å². The molecule has 1 saturated heterocycles. The van der Waals surface area contributed by atoms with Crippen LogP contribution in [0.5, 0.6) is 0 Å². The van der Waals surface area contributed by atoms with Gasteiger partial charge < -0.3 is 14.7 Å². The number of nitrogens with zero attached hydrogens (tertiary/aromatic N) is 2. The number of rotatable bonds is 1. The highest BCUT2D eigenvalue weighted by atomic mass is 16.5. The number of morpholine rings is 1. The van der Waals surface area contributed by atoms with Gasteiger partial charge in [-0.05, 0) is 0 Å². The minimum Gasteiger partial charge on any atom is -0.378 e. The van der Waals surface area contributed by atoms with Gasteiger partial charge in [0.15, 0.2) is 0 Å². The zero-order valence-corrected chi connectivity index (χ0v) is 7.60. The van der Waals surface area contributed by atoms with E-state index in [-0.39, 0.29) is 0 Å². The second-order valence-electron chi connectivity index (χ2n) is 3.00. The number of hydrogen-bond donors (Lipinski definition) is 1. The molecule has 0 unspecified atom stereocenters. The third kappa shape index (κ3) is 1.56. The summed E-state index contributed by atoms with van der Waals surface area (Å²) in [7, 11) is 0. The van der Waals surface area contributed by atoms with E-state index in [4.69, 9.17) is 4.74 Å². The summed E-state index contributed by atoms with van der Waals surface area (Å²) in [6.07, 6.45) is 3.01. The molecule has 14 heavy (non-hydrogen) atoms. The van der Waals surface area contributed by atoms with E-state index in [0.717, 1.165) is 0 Å². The molecule has 1 fully saturated rings. The number of hydrogen-bond acceptors (Lipinski definition) is 4. The molecule has 76 valence electrons. The van der Waals surface area contributed by atoms with E-state index in [1.54, 1.807) is 11.2 Å². The van der Waals surface area contributed by atoms with Crippen molar-refractivity contribution < 1.29 is 4.74 Å². The first kappa shape index (κ1) is 9.01. The molecule has 0 aromatic carbocycles. The standard InChI is InChI=1S/C8H11N3O3/c12-7-8(13)11(2-1-9-7)10-3-5-14-6-4-10/h1-2H,3-6H2,(H,9,12). The molecule has 0 bridgehead atoms. The molecule has 0 amide bonds. The Hall–Kier alpha value is -1.56. The number of aromatic amines is 1. The van der Waals surface area contributed by atoms with Gasteiger partial charge in [0.2, 0.25) is 0 Å². The van der Waals surface area contributed by atoms with Crippen LogP contribution in [0.25, 0.3) is 0 Å². The third-order valence-corrected chi connectivity index (χ3v) is 2.12. The van der Waals surface area contributed by atoms with E-state index in [0.29, 0.717) is 26.3 Å². The molecule has 1 aliphatic rings. The summed E-state index contributed by atoms with van der Waals surface area (Å²) < 4.78 is 6.48. The molecule has 1 aromatic rings. The van der Waals surface area contributed by atoms with Crippen molar-refractivity contribution in [3.05, 3.63) is 33.1 Å². The molecule has 2 heterocycles. The van der Waals surface area contributed by atoms with Gasteiger partial charge in [-0.15, -0.1) is 0 Å². The molecule has 6 heteroatoms.